The molecule has 3 aliphatic rings. The molecule has 0 spiro atoms. The summed E-state index contributed by atoms with van der Waals surface area (Å²) in [4.78, 5) is 11.0. The molecule has 82 valence electrons. The van der Waals surface area contributed by atoms with E-state index in [1.807, 2.05) is 0 Å². The number of carbonyl (C=O) groups excluding carboxylic acids is 1. The number of fused-ring (bicyclic) bond motifs is 5. The molecule has 0 amide bonds. The molecule has 15 heavy (non-hydrogen) atoms. The van der Waals surface area contributed by atoms with Crippen molar-refractivity contribution in [2.24, 2.45) is 35.5 Å². The average molecular weight is 204 g/mol. The van der Waals surface area contributed by atoms with Gasteiger partial charge in [0.25, 0.3) is 0 Å². The Kier molecular flexibility index (Phi) is 2.22. The molecule has 1 nitrogen and oxygen atoms in total. The molecule has 0 aromatic heterocycles. The molecule has 0 aromatic rings. The second-order valence-electron chi connectivity index (χ2n) is 5.70. The van der Waals surface area contributed by atoms with E-state index in [2.05, 4.69) is 19.1 Å². The van der Waals surface area contributed by atoms with Gasteiger partial charge < -0.3 is 4.79 Å². The van der Waals surface area contributed by atoms with Crippen molar-refractivity contribution in [2.75, 3.05) is 0 Å². The van der Waals surface area contributed by atoms with Crippen LogP contribution in [0.4, 0.5) is 0 Å². The molecule has 6 unspecified atom stereocenters. The molecule has 6 atom stereocenters. The maximum Gasteiger partial charge on any atom is 0.123 e. The van der Waals surface area contributed by atoms with Gasteiger partial charge in [0.05, 0.1) is 0 Å². The van der Waals surface area contributed by atoms with Crippen LogP contribution in [0.1, 0.15) is 32.6 Å². The van der Waals surface area contributed by atoms with Crippen LogP contribution in [0.25, 0.3) is 0 Å². The van der Waals surface area contributed by atoms with Gasteiger partial charge in [0.15, 0.2) is 0 Å². The van der Waals surface area contributed by atoms with Crippen molar-refractivity contribution in [1.29, 1.82) is 0 Å². The van der Waals surface area contributed by atoms with Crippen molar-refractivity contribution >= 4 is 6.29 Å². The highest BCUT2D eigenvalue weighted by Crippen LogP contribution is 2.62. The minimum Gasteiger partial charge on any atom is -0.303 e. The van der Waals surface area contributed by atoms with Gasteiger partial charge in [-0.25, -0.2) is 0 Å². The highest BCUT2D eigenvalue weighted by Gasteiger charge is 2.56. The number of allylic oxidation sites excluding steroid dienone is 2. The van der Waals surface area contributed by atoms with E-state index in [9.17, 15) is 4.79 Å². The van der Waals surface area contributed by atoms with Crippen molar-refractivity contribution in [2.45, 2.75) is 32.6 Å². The van der Waals surface area contributed by atoms with Gasteiger partial charge in [-0.1, -0.05) is 12.2 Å². The van der Waals surface area contributed by atoms with Crippen LogP contribution in [-0.4, -0.2) is 6.29 Å². The highest BCUT2D eigenvalue weighted by molar-refractivity contribution is 5.55. The van der Waals surface area contributed by atoms with Gasteiger partial charge in [0.2, 0.25) is 0 Å². The Bertz CT molecular complexity index is 294. The Hall–Kier alpha value is -0.590. The highest BCUT2D eigenvalue weighted by atomic mass is 16.1. The van der Waals surface area contributed by atoms with Gasteiger partial charge >= 0.3 is 0 Å². The van der Waals surface area contributed by atoms with Crippen molar-refractivity contribution in [1.82, 2.24) is 0 Å². The largest absolute Gasteiger partial charge is 0.303 e. The van der Waals surface area contributed by atoms with E-state index in [0.717, 1.165) is 29.6 Å². The first-order valence-electron chi connectivity index (χ1n) is 6.43. The number of carbonyl (C=O) groups is 1. The Labute approximate surface area is 91.9 Å². The first-order chi connectivity index (χ1) is 7.35. The first-order valence-corrected chi connectivity index (χ1v) is 6.43. The lowest BCUT2D eigenvalue weighted by atomic mass is 9.74. The molecule has 1 heteroatoms. The molecule has 0 radical (unpaired) electrons. The van der Waals surface area contributed by atoms with Crippen molar-refractivity contribution in [3.05, 3.63) is 12.2 Å². The third-order valence-electron chi connectivity index (χ3n) is 5.23. The summed E-state index contributed by atoms with van der Waals surface area (Å²) >= 11 is 0. The van der Waals surface area contributed by atoms with E-state index in [1.165, 1.54) is 32.0 Å². The number of hydrogen-bond donors (Lipinski definition) is 0. The number of aldehydes is 1. The smallest absolute Gasteiger partial charge is 0.123 e. The molecule has 0 heterocycles. The van der Waals surface area contributed by atoms with E-state index in [4.69, 9.17) is 0 Å². The van der Waals surface area contributed by atoms with Gasteiger partial charge in [-0.05, 0) is 62.2 Å². The fourth-order valence-corrected chi connectivity index (χ4v) is 4.87. The molecule has 2 bridgehead atoms. The first kappa shape index (κ1) is 9.62. The van der Waals surface area contributed by atoms with Crippen LogP contribution in [0.15, 0.2) is 12.2 Å². The minimum atomic E-state index is 0.417. The monoisotopic (exact) mass is 204 g/mol. The van der Waals surface area contributed by atoms with E-state index < -0.39 is 0 Å². The number of rotatable bonds is 2. The Balaban J connectivity index is 1.82. The lowest BCUT2D eigenvalue weighted by Gasteiger charge is -2.30. The third kappa shape index (κ3) is 1.25. The normalized spacial score (nSPS) is 52.6. The lowest BCUT2D eigenvalue weighted by molar-refractivity contribution is -0.113. The van der Waals surface area contributed by atoms with Gasteiger partial charge in [0.1, 0.15) is 6.29 Å². The predicted octanol–water partition coefficient (Wildman–Crippen LogP) is 3.06. The molecule has 0 aliphatic heterocycles. The predicted molar refractivity (Wildman–Crippen MR) is 60.3 cm³/mol. The number of hydrogen-bond acceptors (Lipinski definition) is 1. The zero-order valence-electron chi connectivity index (χ0n) is 9.43. The Morgan fingerprint density at radius 2 is 1.93 bits per heavy atom. The third-order valence-corrected chi connectivity index (χ3v) is 5.23. The Morgan fingerprint density at radius 1 is 1.07 bits per heavy atom. The zero-order valence-corrected chi connectivity index (χ0v) is 9.43. The average Bonchev–Trinajstić information content (AvgIpc) is 2.88. The summed E-state index contributed by atoms with van der Waals surface area (Å²) in [5.74, 6) is 4.71. The van der Waals surface area contributed by atoms with E-state index >= 15 is 0 Å². The van der Waals surface area contributed by atoms with Gasteiger partial charge in [-0.3, -0.25) is 0 Å². The fraction of sp³-hybridized carbons (Fsp3) is 0.786. The van der Waals surface area contributed by atoms with E-state index in [0.29, 0.717) is 5.92 Å². The molecule has 3 rings (SSSR count). The summed E-state index contributed by atoms with van der Waals surface area (Å²) in [7, 11) is 0. The Morgan fingerprint density at radius 3 is 2.67 bits per heavy atom. The van der Waals surface area contributed by atoms with E-state index in [1.54, 1.807) is 0 Å². The topological polar surface area (TPSA) is 17.1 Å². The van der Waals surface area contributed by atoms with Gasteiger partial charge in [-0.2, -0.15) is 0 Å². The quantitative estimate of drug-likeness (QED) is 0.499. The zero-order chi connectivity index (χ0) is 10.4. The summed E-state index contributed by atoms with van der Waals surface area (Å²) in [5.41, 5.74) is 0. The van der Waals surface area contributed by atoms with Gasteiger partial charge in [-0.15, -0.1) is 0 Å². The molecule has 3 saturated carbocycles. The molecular formula is C14H20O. The molecule has 0 saturated heterocycles. The van der Waals surface area contributed by atoms with Crippen LogP contribution in [-0.2, 0) is 4.79 Å². The summed E-state index contributed by atoms with van der Waals surface area (Å²) in [5, 5.41) is 0. The summed E-state index contributed by atoms with van der Waals surface area (Å²) in [6.07, 6.45) is 11.2. The van der Waals surface area contributed by atoms with Crippen LogP contribution in [0.2, 0.25) is 0 Å². The van der Waals surface area contributed by atoms with Crippen LogP contribution < -0.4 is 0 Å². The van der Waals surface area contributed by atoms with Crippen molar-refractivity contribution in [3.8, 4) is 0 Å². The maximum atomic E-state index is 11.0. The van der Waals surface area contributed by atoms with Crippen LogP contribution in [0.5, 0.6) is 0 Å². The minimum absolute atomic E-state index is 0.417. The molecule has 3 fully saturated rings. The standard InChI is InChI=1S/C14H20O/c1-2-3-9-4-5-12-13-7-10(14(9)12)6-11(13)8-15/h2-3,8-14H,4-7H2,1H3/b3-2-. The fourth-order valence-electron chi connectivity index (χ4n) is 4.87. The van der Waals surface area contributed by atoms with Crippen molar-refractivity contribution < 1.29 is 4.79 Å². The van der Waals surface area contributed by atoms with Crippen molar-refractivity contribution in [3.63, 3.8) is 0 Å². The second kappa shape index (κ2) is 3.47. The van der Waals surface area contributed by atoms with Crippen LogP contribution in [0.3, 0.4) is 0 Å². The molecule has 0 N–H and O–H groups in total. The maximum absolute atomic E-state index is 11.0. The summed E-state index contributed by atoms with van der Waals surface area (Å²) in [6.45, 7) is 2.13. The molecule has 0 aromatic carbocycles. The van der Waals surface area contributed by atoms with Crippen LogP contribution >= 0.6 is 0 Å². The van der Waals surface area contributed by atoms with Crippen LogP contribution in [0, 0.1) is 35.5 Å². The molecule has 3 aliphatic carbocycles. The summed E-state index contributed by atoms with van der Waals surface area (Å²) in [6, 6.07) is 0. The summed E-state index contributed by atoms with van der Waals surface area (Å²) < 4.78 is 0. The second-order valence-corrected chi connectivity index (χ2v) is 5.70. The van der Waals surface area contributed by atoms with E-state index in [-0.39, 0.29) is 0 Å². The lowest BCUT2D eigenvalue weighted by Crippen LogP contribution is -2.27. The SMILES string of the molecule is C/C=C\C1CCC2C3CC(CC3C=O)C12. The van der Waals surface area contributed by atoms with Gasteiger partial charge in [0, 0.05) is 5.92 Å². The molecular weight excluding hydrogens is 184 g/mol.